The quantitative estimate of drug-likeness (QED) is 0.577. The van der Waals surface area contributed by atoms with Crippen LogP contribution in [0.1, 0.15) is 24.2 Å². The van der Waals surface area contributed by atoms with Gasteiger partial charge in [-0.3, -0.25) is 4.79 Å². The number of nitrogens with one attached hydrogen (secondary N) is 1. The number of hydrogen-bond acceptors (Lipinski definition) is 4. The van der Waals surface area contributed by atoms with E-state index >= 15 is 0 Å². The third-order valence-electron chi connectivity index (χ3n) is 2.29. The molecule has 0 aliphatic carbocycles. The number of Topliss-reactive ketones (excluding diaryl/α,β-unsaturated/α-hetero) is 1. The molecule has 2 N–H and O–H groups in total. The van der Waals surface area contributed by atoms with E-state index in [2.05, 4.69) is 5.32 Å². The third kappa shape index (κ3) is 4.17. The van der Waals surface area contributed by atoms with E-state index in [1.807, 2.05) is 7.05 Å². The number of benzene rings is 1. The predicted octanol–water partition coefficient (Wildman–Crippen LogP) is 1.24. The second-order valence-electron chi connectivity index (χ2n) is 4.36. The van der Waals surface area contributed by atoms with Crippen molar-refractivity contribution in [2.75, 3.05) is 20.2 Å². The molecule has 0 fully saturated rings. The van der Waals surface area contributed by atoms with Crippen LogP contribution in [0.3, 0.4) is 0 Å². The molecule has 0 aliphatic heterocycles. The normalized spacial score (nSPS) is 11.3. The number of ketones is 1. The maximum Gasteiger partial charge on any atom is 0.193 e. The molecule has 1 rings (SSSR count). The van der Waals surface area contributed by atoms with Crippen LogP contribution in [-0.2, 0) is 0 Å². The lowest BCUT2D eigenvalue weighted by Crippen LogP contribution is -2.30. The summed E-state index contributed by atoms with van der Waals surface area (Å²) in [6.07, 6.45) is 0. The molecule has 0 amide bonds. The zero-order valence-corrected chi connectivity index (χ0v) is 10.5. The zero-order chi connectivity index (χ0) is 12.9. The van der Waals surface area contributed by atoms with Gasteiger partial charge in [-0.05, 0) is 45.2 Å². The lowest BCUT2D eigenvalue weighted by atomic mass is 9.97. The highest BCUT2D eigenvalue weighted by Gasteiger charge is 2.24. The maximum atomic E-state index is 11.7. The fourth-order valence-corrected chi connectivity index (χ4v) is 1.33. The molecule has 4 nitrogen and oxygen atoms in total. The van der Waals surface area contributed by atoms with E-state index in [0.717, 1.165) is 6.54 Å². The molecular formula is C13H19NO3. The van der Waals surface area contributed by atoms with Gasteiger partial charge >= 0.3 is 0 Å². The Labute approximate surface area is 102 Å². The van der Waals surface area contributed by atoms with Crippen LogP contribution in [0.2, 0.25) is 0 Å². The first-order valence-electron chi connectivity index (χ1n) is 5.60. The Bertz CT molecular complexity index is 365. The number of hydrogen-bond donors (Lipinski definition) is 2. The van der Waals surface area contributed by atoms with Gasteiger partial charge in [-0.2, -0.15) is 0 Å². The average molecular weight is 237 g/mol. The van der Waals surface area contributed by atoms with E-state index in [-0.39, 0.29) is 5.78 Å². The Hall–Kier alpha value is -1.39. The van der Waals surface area contributed by atoms with Crippen molar-refractivity contribution in [1.82, 2.24) is 5.32 Å². The number of carbonyl (C=O) groups excluding carboxylic acids is 1. The minimum atomic E-state index is -1.34. The number of ether oxygens (including phenoxy) is 1. The van der Waals surface area contributed by atoms with Gasteiger partial charge in [0.1, 0.15) is 18.0 Å². The molecule has 1 aromatic rings. The van der Waals surface area contributed by atoms with Crippen molar-refractivity contribution in [3.63, 3.8) is 0 Å². The van der Waals surface area contributed by atoms with Crippen molar-refractivity contribution >= 4 is 5.78 Å². The molecule has 17 heavy (non-hydrogen) atoms. The first kappa shape index (κ1) is 13.7. The molecule has 0 aromatic heterocycles. The smallest absolute Gasteiger partial charge is 0.193 e. The minimum absolute atomic E-state index is 0.292. The lowest BCUT2D eigenvalue weighted by Gasteiger charge is -2.15. The van der Waals surface area contributed by atoms with Crippen molar-refractivity contribution in [3.8, 4) is 5.75 Å². The van der Waals surface area contributed by atoms with E-state index < -0.39 is 5.60 Å². The van der Waals surface area contributed by atoms with Crippen LogP contribution < -0.4 is 10.1 Å². The van der Waals surface area contributed by atoms with Crippen molar-refractivity contribution < 1.29 is 14.6 Å². The van der Waals surface area contributed by atoms with Crippen LogP contribution in [0, 0.1) is 0 Å². The van der Waals surface area contributed by atoms with Crippen LogP contribution in [0.5, 0.6) is 5.75 Å². The molecule has 4 heteroatoms. The maximum absolute atomic E-state index is 11.7. The standard InChI is InChI=1S/C13H19NO3/c1-13(2,16)12(15)10-4-6-11(7-5-10)17-9-8-14-3/h4-7,14,16H,8-9H2,1-3H3. The Morgan fingerprint density at radius 1 is 1.35 bits per heavy atom. The van der Waals surface area contributed by atoms with Crippen LogP contribution >= 0.6 is 0 Å². The minimum Gasteiger partial charge on any atom is -0.492 e. The Morgan fingerprint density at radius 3 is 2.41 bits per heavy atom. The second kappa shape index (κ2) is 5.80. The van der Waals surface area contributed by atoms with E-state index in [1.54, 1.807) is 24.3 Å². The van der Waals surface area contributed by atoms with Crippen molar-refractivity contribution in [2.24, 2.45) is 0 Å². The summed E-state index contributed by atoms with van der Waals surface area (Å²) in [5.74, 6) is 0.423. The average Bonchev–Trinajstić information content (AvgIpc) is 2.28. The van der Waals surface area contributed by atoms with Crippen molar-refractivity contribution in [3.05, 3.63) is 29.8 Å². The molecule has 0 saturated heterocycles. The van der Waals surface area contributed by atoms with Gasteiger partial charge in [-0.25, -0.2) is 0 Å². The SMILES string of the molecule is CNCCOc1ccc(C(=O)C(C)(C)O)cc1. The van der Waals surface area contributed by atoms with Crippen molar-refractivity contribution in [2.45, 2.75) is 19.4 Å². The molecule has 0 atom stereocenters. The summed E-state index contributed by atoms with van der Waals surface area (Å²) in [4.78, 5) is 11.7. The van der Waals surface area contributed by atoms with E-state index in [9.17, 15) is 9.90 Å². The van der Waals surface area contributed by atoms with Crippen LogP contribution in [0.4, 0.5) is 0 Å². The Kier molecular flexibility index (Phi) is 4.66. The molecule has 0 saturated carbocycles. The highest BCUT2D eigenvalue weighted by atomic mass is 16.5. The monoisotopic (exact) mass is 237 g/mol. The molecule has 94 valence electrons. The van der Waals surface area contributed by atoms with Gasteiger partial charge in [-0.1, -0.05) is 0 Å². The van der Waals surface area contributed by atoms with E-state index in [1.165, 1.54) is 13.8 Å². The topological polar surface area (TPSA) is 58.6 Å². The molecule has 0 unspecified atom stereocenters. The largest absolute Gasteiger partial charge is 0.492 e. The molecule has 0 spiro atoms. The number of likely N-dealkylation sites (N-methyl/N-ethyl adjacent to an activating group) is 1. The molecule has 0 heterocycles. The first-order valence-corrected chi connectivity index (χ1v) is 5.60. The first-order chi connectivity index (χ1) is 7.95. The van der Waals surface area contributed by atoms with Crippen LogP contribution in [-0.4, -0.2) is 36.7 Å². The van der Waals surface area contributed by atoms with E-state index in [0.29, 0.717) is 17.9 Å². The highest BCUT2D eigenvalue weighted by Crippen LogP contribution is 2.16. The summed E-state index contributed by atoms with van der Waals surface area (Å²) in [5.41, 5.74) is -0.854. The van der Waals surface area contributed by atoms with Crippen LogP contribution in [0.25, 0.3) is 0 Å². The fourth-order valence-electron chi connectivity index (χ4n) is 1.33. The fraction of sp³-hybridized carbons (Fsp3) is 0.462. The summed E-state index contributed by atoms with van der Waals surface area (Å²) in [6.45, 7) is 4.30. The van der Waals surface area contributed by atoms with Gasteiger partial charge < -0.3 is 15.2 Å². The summed E-state index contributed by atoms with van der Waals surface area (Å²) in [6, 6.07) is 6.79. The Balaban J connectivity index is 2.65. The summed E-state index contributed by atoms with van der Waals surface area (Å²) in [7, 11) is 1.86. The van der Waals surface area contributed by atoms with Gasteiger partial charge in [0.2, 0.25) is 0 Å². The number of carbonyl (C=O) groups is 1. The molecule has 0 radical (unpaired) electrons. The summed E-state index contributed by atoms with van der Waals surface area (Å²) in [5, 5.41) is 12.6. The summed E-state index contributed by atoms with van der Waals surface area (Å²) < 4.78 is 5.43. The molecule has 0 bridgehead atoms. The van der Waals surface area contributed by atoms with Gasteiger partial charge in [0.15, 0.2) is 5.78 Å². The van der Waals surface area contributed by atoms with Crippen molar-refractivity contribution in [1.29, 1.82) is 0 Å². The number of aliphatic hydroxyl groups is 1. The molecule has 0 aliphatic rings. The van der Waals surface area contributed by atoms with Gasteiger partial charge in [0.05, 0.1) is 0 Å². The van der Waals surface area contributed by atoms with Gasteiger partial charge in [0.25, 0.3) is 0 Å². The summed E-state index contributed by atoms with van der Waals surface area (Å²) >= 11 is 0. The zero-order valence-electron chi connectivity index (χ0n) is 10.5. The van der Waals surface area contributed by atoms with Gasteiger partial charge in [-0.15, -0.1) is 0 Å². The van der Waals surface area contributed by atoms with E-state index in [4.69, 9.17) is 4.74 Å². The van der Waals surface area contributed by atoms with Crippen LogP contribution in [0.15, 0.2) is 24.3 Å². The highest BCUT2D eigenvalue weighted by molar-refractivity contribution is 6.01. The lowest BCUT2D eigenvalue weighted by molar-refractivity contribution is 0.0488. The van der Waals surface area contributed by atoms with Gasteiger partial charge in [0, 0.05) is 12.1 Å². The molecule has 1 aromatic carbocycles. The number of rotatable bonds is 6. The molecular weight excluding hydrogens is 218 g/mol. The Morgan fingerprint density at radius 2 is 1.94 bits per heavy atom. The third-order valence-corrected chi connectivity index (χ3v) is 2.29. The second-order valence-corrected chi connectivity index (χ2v) is 4.36. The predicted molar refractivity (Wildman–Crippen MR) is 66.5 cm³/mol.